The highest BCUT2D eigenvalue weighted by molar-refractivity contribution is 5.76. The Balaban J connectivity index is 1.40. The SMILES string of the molecule is CCCCCCCCCCCCCCCCCCCCCCCCCC/C=C/CC/C=C/C(O)C(COC1OC(CO)C(OC2OC(CO)C(OC3OC(CO)C(O)C(O)C3O)C(O)C2O)C(O)C1O)NC(=O)CCCCCCCCCCCCCCCCCCCC. The van der Waals surface area contributed by atoms with Gasteiger partial charge in [0.15, 0.2) is 18.9 Å². The molecular weight excluding hydrogens is 1190 g/mol. The number of ether oxygens (including phenoxy) is 6. The molecule has 3 fully saturated rings. The Hall–Kier alpha value is -1.73. The van der Waals surface area contributed by atoms with E-state index in [1.165, 1.54) is 238 Å². The quantitative estimate of drug-likeness (QED) is 0.0199. The molecule has 0 aliphatic carbocycles. The van der Waals surface area contributed by atoms with Gasteiger partial charge in [-0.25, -0.2) is 0 Å². The summed E-state index contributed by atoms with van der Waals surface area (Å²) in [7, 11) is 0. The molecule has 3 aliphatic heterocycles. The van der Waals surface area contributed by atoms with Gasteiger partial charge in [-0.15, -0.1) is 0 Å². The molecule has 0 bridgehead atoms. The third-order valence-corrected chi connectivity index (χ3v) is 19.3. The second kappa shape index (κ2) is 56.1. The third kappa shape index (κ3) is 37.3. The Labute approximate surface area is 562 Å². The van der Waals surface area contributed by atoms with Gasteiger partial charge in [0.2, 0.25) is 5.91 Å². The van der Waals surface area contributed by atoms with E-state index in [4.69, 9.17) is 28.4 Å². The molecule has 0 aromatic rings. The maximum Gasteiger partial charge on any atom is 0.220 e. The number of hydrogen-bond donors (Lipinski definition) is 12. The van der Waals surface area contributed by atoms with Crippen LogP contribution < -0.4 is 5.32 Å². The molecule has 3 aliphatic rings. The Morgan fingerprint density at radius 3 is 1.08 bits per heavy atom. The molecule has 3 saturated heterocycles. The van der Waals surface area contributed by atoms with Crippen LogP contribution in [0.15, 0.2) is 24.3 Å². The number of allylic oxidation sites excluding steroid dienone is 3. The van der Waals surface area contributed by atoms with Crippen LogP contribution in [0.25, 0.3) is 0 Å². The lowest BCUT2D eigenvalue weighted by atomic mass is 9.96. The molecule has 19 nitrogen and oxygen atoms in total. The Morgan fingerprint density at radius 2 is 0.688 bits per heavy atom. The third-order valence-electron chi connectivity index (χ3n) is 19.3. The van der Waals surface area contributed by atoms with Crippen molar-refractivity contribution in [2.75, 3.05) is 26.4 Å². The zero-order valence-electron chi connectivity index (χ0n) is 58.3. The molecule has 0 saturated carbocycles. The number of rotatable bonds is 60. The van der Waals surface area contributed by atoms with Crippen LogP contribution in [0, 0.1) is 0 Å². The molecule has 0 aromatic heterocycles. The van der Waals surface area contributed by atoms with Crippen LogP contribution in [0.2, 0.25) is 0 Å². The van der Waals surface area contributed by atoms with Crippen LogP contribution in [0.3, 0.4) is 0 Å². The summed E-state index contributed by atoms with van der Waals surface area (Å²) in [5.74, 6) is -0.279. The predicted molar refractivity (Wildman–Crippen MR) is 365 cm³/mol. The van der Waals surface area contributed by atoms with Gasteiger partial charge in [-0.1, -0.05) is 295 Å². The number of aliphatic hydroxyl groups is 11. The summed E-state index contributed by atoms with van der Waals surface area (Å²) in [5, 5.41) is 121. The molecule has 3 heterocycles. The average Bonchev–Trinajstić information content (AvgIpc) is 0.814. The number of hydrogen-bond acceptors (Lipinski definition) is 18. The summed E-state index contributed by atoms with van der Waals surface area (Å²) in [6.07, 6.45) is 38.9. The fourth-order valence-corrected chi connectivity index (χ4v) is 13.1. The number of aliphatic hydroxyl groups excluding tert-OH is 11. The lowest BCUT2D eigenvalue weighted by Crippen LogP contribution is -2.66. The fourth-order valence-electron chi connectivity index (χ4n) is 13.1. The molecule has 548 valence electrons. The molecule has 12 N–H and O–H groups in total. The van der Waals surface area contributed by atoms with Crippen molar-refractivity contribution in [3.8, 4) is 0 Å². The molecular formula is C74H139NO18. The van der Waals surface area contributed by atoms with Gasteiger partial charge in [-0.2, -0.15) is 0 Å². The summed E-state index contributed by atoms with van der Waals surface area (Å²) in [5.41, 5.74) is 0. The van der Waals surface area contributed by atoms with Gasteiger partial charge in [0.05, 0.1) is 38.6 Å². The Morgan fingerprint density at radius 1 is 0.376 bits per heavy atom. The van der Waals surface area contributed by atoms with E-state index in [2.05, 4.69) is 31.3 Å². The second-order valence-corrected chi connectivity index (χ2v) is 27.5. The van der Waals surface area contributed by atoms with Crippen molar-refractivity contribution in [1.29, 1.82) is 0 Å². The van der Waals surface area contributed by atoms with Gasteiger partial charge >= 0.3 is 0 Å². The topological polar surface area (TPSA) is 307 Å². The fraction of sp³-hybridized carbons (Fsp3) is 0.932. The van der Waals surface area contributed by atoms with Crippen molar-refractivity contribution in [3.05, 3.63) is 24.3 Å². The van der Waals surface area contributed by atoms with Crippen LogP contribution >= 0.6 is 0 Å². The van der Waals surface area contributed by atoms with Crippen LogP contribution in [-0.4, -0.2) is 193 Å². The molecule has 17 unspecified atom stereocenters. The average molecular weight is 1330 g/mol. The lowest BCUT2D eigenvalue weighted by Gasteiger charge is -2.48. The molecule has 93 heavy (non-hydrogen) atoms. The molecule has 0 aromatic carbocycles. The van der Waals surface area contributed by atoms with Gasteiger partial charge in [0, 0.05) is 6.42 Å². The summed E-state index contributed by atoms with van der Waals surface area (Å²) < 4.78 is 34.4. The summed E-state index contributed by atoms with van der Waals surface area (Å²) in [6.45, 7) is 1.76. The van der Waals surface area contributed by atoms with E-state index in [0.717, 1.165) is 38.5 Å². The maximum absolute atomic E-state index is 13.4. The minimum absolute atomic E-state index is 0.241. The number of amides is 1. The first-order chi connectivity index (χ1) is 45.3. The zero-order valence-corrected chi connectivity index (χ0v) is 58.3. The first-order valence-electron chi connectivity index (χ1n) is 38.1. The van der Waals surface area contributed by atoms with Crippen molar-refractivity contribution in [2.45, 2.75) is 413 Å². The highest BCUT2D eigenvalue weighted by Gasteiger charge is 2.53. The summed E-state index contributed by atoms with van der Waals surface area (Å²) in [4.78, 5) is 13.4. The van der Waals surface area contributed by atoms with E-state index in [1.807, 2.05) is 6.08 Å². The molecule has 1 amide bonds. The second-order valence-electron chi connectivity index (χ2n) is 27.5. The Kier molecular flexibility index (Phi) is 51.5. The number of nitrogens with one attached hydrogen (secondary N) is 1. The monoisotopic (exact) mass is 1330 g/mol. The summed E-state index contributed by atoms with van der Waals surface area (Å²) in [6, 6.07) is -0.987. The standard InChI is InChI=1S/C74H139NO18/c1-3-5-7-9-11-13-15-17-19-21-23-24-25-26-27-28-29-30-31-32-33-34-35-37-39-41-43-45-47-49-51-58(79)57(75-62(80)52-50-48-46-44-42-40-38-36-22-20-18-16-14-12-10-8-6-4-2)56-88-72-68(86)65(83)70(60(54-77)90-72)93-74-69(87)66(84)71(61(55-78)91-74)92-73-67(85)64(82)63(81)59(53-76)89-73/h41,43,49,51,57-61,63-74,76-79,81-87H,3-40,42,44-48,50,52-56H2,1-2H3,(H,75,80)/b43-41+,51-49+. The largest absolute Gasteiger partial charge is 0.394 e. The van der Waals surface area contributed by atoms with E-state index in [-0.39, 0.29) is 18.9 Å². The van der Waals surface area contributed by atoms with Crippen molar-refractivity contribution < 1.29 is 89.4 Å². The van der Waals surface area contributed by atoms with E-state index < -0.39 is 124 Å². The van der Waals surface area contributed by atoms with Crippen LogP contribution in [-0.2, 0) is 33.2 Å². The van der Waals surface area contributed by atoms with Crippen LogP contribution in [0.1, 0.15) is 309 Å². The highest BCUT2D eigenvalue weighted by atomic mass is 16.8. The van der Waals surface area contributed by atoms with Gasteiger partial charge in [0.25, 0.3) is 0 Å². The van der Waals surface area contributed by atoms with E-state index in [0.29, 0.717) is 12.8 Å². The number of carbonyl (C=O) groups excluding carboxylic acids is 1. The summed E-state index contributed by atoms with van der Waals surface area (Å²) >= 11 is 0. The van der Waals surface area contributed by atoms with Gasteiger partial charge in [-0.05, 0) is 32.1 Å². The molecule has 17 atom stereocenters. The van der Waals surface area contributed by atoms with Gasteiger partial charge in [0.1, 0.15) is 73.2 Å². The van der Waals surface area contributed by atoms with Crippen LogP contribution in [0.5, 0.6) is 0 Å². The van der Waals surface area contributed by atoms with Crippen molar-refractivity contribution in [1.82, 2.24) is 5.32 Å². The zero-order chi connectivity index (χ0) is 67.5. The molecule has 0 radical (unpaired) electrons. The highest BCUT2D eigenvalue weighted by Crippen LogP contribution is 2.33. The van der Waals surface area contributed by atoms with Crippen molar-refractivity contribution >= 4 is 5.91 Å². The minimum Gasteiger partial charge on any atom is -0.394 e. The van der Waals surface area contributed by atoms with Crippen molar-refractivity contribution in [2.24, 2.45) is 0 Å². The first-order valence-corrected chi connectivity index (χ1v) is 38.1. The number of carbonyl (C=O) groups is 1. The van der Waals surface area contributed by atoms with Crippen LogP contribution in [0.4, 0.5) is 0 Å². The van der Waals surface area contributed by atoms with Gasteiger partial charge < -0.3 is 89.9 Å². The molecule has 19 heteroatoms. The minimum atomic E-state index is -1.98. The lowest BCUT2D eigenvalue weighted by molar-refractivity contribution is -0.379. The number of unbranched alkanes of at least 4 members (excludes halogenated alkanes) is 42. The molecule has 3 rings (SSSR count). The van der Waals surface area contributed by atoms with E-state index in [1.54, 1.807) is 6.08 Å². The van der Waals surface area contributed by atoms with E-state index >= 15 is 0 Å². The smallest absolute Gasteiger partial charge is 0.220 e. The van der Waals surface area contributed by atoms with Gasteiger partial charge in [-0.3, -0.25) is 4.79 Å². The Bertz CT molecular complexity index is 1780. The maximum atomic E-state index is 13.4. The molecule has 0 spiro atoms. The van der Waals surface area contributed by atoms with E-state index in [9.17, 15) is 61.0 Å². The normalized spacial score (nSPS) is 27.6. The first kappa shape index (κ1) is 85.5. The predicted octanol–water partition coefficient (Wildman–Crippen LogP) is 11.4. The van der Waals surface area contributed by atoms with Crippen molar-refractivity contribution in [3.63, 3.8) is 0 Å².